The van der Waals surface area contributed by atoms with Gasteiger partial charge in [0.1, 0.15) is 5.69 Å². The van der Waals surface area contributed by atoms with Crippen LogP contribution in [0.5, 0.6) is 0 Å². The Morgan fingerprint density at radius 1 is 1.12 bits per heavy atom. The van der Waals surface area contributed by atoms with Crippen molar-refractivity contribution in [1.29, 1.82) is 0 Å². The summed E-state index contributed by atoms with van der Waals surface area (Å²) in [6.45, 7) is 1.82. The van der Waals surface area contributed by atoms with E-state index in [9.17, 15) is 4.79 Å². The van der Waals surface area contributed by atoms with Crippen molar-refractivity contribution in [3.8, 4) is 5.69 Å². The molecule has 10 heteroatoms. The van der Waals surface area contributed by atoms with E-state index in [2.05, 4.69) is 30.2 Å². The highest BCUT2D eigenvalue weighted by atomic mass is 16.6. The van der Waals surface area contributed by atoms with Gasteiger partial charge in [-0.25, -0.2) is 19.3 Å². The predicted octanol–water partition coefficient (Wildman–Crippen LogP) is 1.14. The molecule has 126 valence electrons. The van der Waals surface area contributed by atoms with Crippen molar-refractivity contribution in [3.63, 3.8) is 0 Å². The Morgan fingerprint density at radius 2 is 1.80 bits per heavy atom. The maximum absolute atomic E-state index is 12.9. The number of nitrogens with one attached hydrogen (secondary N) is 1. The fourth-order valence-corrected chi connectivity index (χ4v) is 2.57. The monoisotopic (exact) mass is 338 g/mol. The molecule has 3 aromatic heterocycles. The number of nitrogens with two attached hydrogens (primary N) is 1. The quantitative estimate of drug-likeness (QED) is 0.569. The Morgan fingerprint density at radius 3 is 2.52 bits per heavy atom. The van der Waals surface area contributed by atoms with Crippen molar-refractivity contribution >= 4 is 28.6 Å². The largest absolute Gasteiger partial charge is 0.381 e. The number of fused-ring (bicyclic) bond motifs is 1. The summed E-state index contributed by atoms with van der Waals surface area (Å²) in [4.78, 5) is 21.1. The van der Waals surface area contributed by atoms with Crippen LogP contribution in [-0.4, -0.2) is 29.6 Å². The molecule has 0 spiro atoms. The molecule has 1 aromatic carbocycles. The van der Waals surface area contributed by atoms with Gasteiger partial charge in [0.2, 0.25) is 11.3 Å². The molecule has 0 radical (unpaired) electrons. The third kappa shape index (κ3) is 2.31. The summed E-state index contributed by atoms with van der Waals surface area (Å²) in [6.07, 6.45) is 0. The number of benzene rings is 1. The Bertz CT molecular complexity index is 1130. The zero-order chi connectivity index (χ0) is 17.6. The molecule has 0 amide bonds. The van der Waals surface area contributed by atoms with Crippen LogP contribution in [0.1, 0.15) is 5.69 Å². The molecule has 0 saturated carbocycles. The van der Waals surface area contributed by atoms with E-state index in [4.69, 9.17) is 5.73 Å². The van der Waals surface area contributed by atoms with Crippen molar-refractivity contribution in [1.82, 2.24) is 29.6 Å². The highest BCUT2D eigenvalue weighted by Crippen LogP contribution is 2.22. The summed E-state index contributed by atoms with van der Waals surface area (Å²) in [5.41, 5.74) is 7.88. The fraction of sp³-hybridized carbons (Fsp3) is 0.133. The summed E-state index contributed by atoms with van der Waals surface area (Å²) in [5, 5.41) is 10.2. The number of para-hydroxylation sites is 1. The van der Waals surface area contributed by atoms with Crippen molar-refractivity contribution < 1.29 is 4.63 Å². The van der Waals surface area contributed by atoms with Crippen LogP contribution in [0.2, 0.25) is 0 Å². The van der Waals surface area contributed by atoms with E-state index in [0.717, 1.165) is 5.69 Å². The third-order valence-electron chi connectivity index (χ3n) is 3.94. The Kier molecular flexibility index (Phi) is 3.24. The average molecular weight is 338 g/mol. The lowest BCUT2D eigenvalue weighted by Crippen LogP contribution is -2.20. The van der Waals surface area contributed by atoms with Crippen molar-refractivity contribution in [2.24, 2.45) is 7.05 Å². The minimum atomic E-state index is -0.231. The lowest BCUT2D eigenvalue weighted by atomic mass is 10.3. The molecular weight excluding hydrogens is 324 g/mol. The third-order valence-corrected chi connectivity index (χ3v) is 3.94. The van der Waals surface area contributed by atoms with Crippen molar-refractivity contribution in [2.75, 3.05) is 11.1 Å². The van der Waals surface area contributed by atoms with Gasteiger partial charge >= 0.3 is 0 Å². The molecule has 0 aliphatic heterocycles. The Hall–Kier alpha value is -3.69. The van der Waals surface area contributed by atoms with E-state index in [-0.39, 0.29) is 28.5 Å². The number of rotatable bonds is 3. The van der Waals surface area contributed by atoms with Gasteiger partial charge in [-0.2, -0.15) is 0 Å². The maximum atomic E-state index is 12.9. The number of nitrogens with zero attached hydrogens (tertiary/aromatic N) is 6. The Labute approximate surface area is 140 Å². The molecule has 0 aliphatic carbocycles. The minimum absolute atomic E-state index is 0.0946. The van der Waals surface area contributed by atoms with E-state index in [1.165, 1.54) is 0 Å². The molecule has 0 bridgehead atoms. The first-order chi connectivity index (χ1) is 12.1. The highest BCUT2D eigenvalue weighted by Gasteiger charge is 2.19. The minimum Gasteiger partial charge on any atom is -0.381 e. The SMILES string of the molecule is Cc1c(Nc2nc3nonc3nc2N)c(=O)n(-c2ccccc2)n1C. The zero-order valence-electron chi connectivity index (χ0n) is 13.5. The fourth-order valence-electron chi connectivity index (χ4n) is 2.57. The smallest absolute Gasteiger partial charge is 0.295 e. The van der Waals surface area contributed by atoms with E-state index in [1.54, 1.807) is 16.4 Å². The summed E-state index contributed by atoms with van der Waals surface area (Å²) < 4.78 is 7.88. The molecule has 0 saturated heterocycles. The second kappa shape index (κ2) is 5.44. The van der Waals surface area contributed by atoms with Crippen LogP contribution in [0.4, 0.5) is 17.3 Å². The molecule has 3 heterocycles. The van der Waals surface area contributed by atoms with Crippen LogP contribution < -0.4 is 16.6 Å². The van der Waals surface area contributed by atoms with Gasteiger partial charge in [0.25, 0.3) is 5.56 Å². The molecule has 4 rings (SSSR count). The topological polar surface area (TPSA) is 130 Å². The van der Waals surface area contributed by atoms with Gasteiger partial charge in [-0.05, 0) is 29.4 Å². The van der Waals surface area contributed by atoms with E-state index in [0.29, 0.717) is 11.4 Å². The molecule has 3 N–H and O–H groups in total. The van der Waals surface area contributed by atoms with E-state index in [1.807, 2.05) is 37.3 Å². The Balaban J connectivity index is 1.83. The lowest BCUT2D eigenvalue weighted by molar-refractivity contribution is 0.314. The standard InChI is InChI=1S/C15H14N8O2/c1-8-10(15(24)23(22(8)2)9-6-4-3-5-7-9)17-12-11(16)18-13-14(19-12)21-25-20-13/h3-7H,1-2H3,(H2,16,18,20)(H,17,19,21). The van der Waals surface area contributed by atoms with E-state index >= 15 is 0 Å². The molecule has 0 fully saturated rings. The van der Waals surface area contributed by atoms with Gasteiger partial charge in [0, 0.05) is 7.05 Å². The summed E-state index contributed by atoms with van der Waals surface area (Å²) in [6, 6.07) is 9.33. The molecule has 4 aromatic rings. The zero-order valence-corrected chi connectivity index (χ0v) is 13.5. The van der Waals surface area contributed by atoms with Crippen LogP contribution >= 0.6 is 0 Å². The van der Waals surface area contributed by atoms with Crippen LogP contribution in [0.25, 0.3) is 17.0 Å². The van der Waals surface area contributed by atoms with Crippen LogP contribution in [0.3, 0.4) is 0 Å². The number of anilines is 3. The number of hydrogen-bond acceptors (Lipinski definition) is 8. The predicted molar refractivity (Wildman–Crippen MR) is 90.8 cm³/mol. The van der Waals surface area contributed by atoms with Gasteiger partial charge in [-0.3, -0.25) is 9.48 Å². The first kappa shape index (κ1) is 14.9. The van der Waals surface area contributed by atoms with Gasteiger partial charge in [0.05, 0.1) is 11.4 Å². The van der Waals surface area contributed by atoms with Gasteiger partial charge in [-0.15, -0.1) is 0 Å². The van der Waals surface area contributed by atoms with Crippen LogP contribution in [0, 0.1) is 6.92 Å². The highest BCUT2D eigenvalue weighted by molar-refractivity contribution is 5.75. The molecule has 10 nitrogen and oxygen atoms in total. The van der Waals surface area contributed by atoms with E-state index < -0.39 is 0 Å². The lowest BCUT2D eigenvalue weighted by Gasteiger charge is -2.07. The van der Waals surface area contributed by atoms with Gasteiger partial charge in [0.15, 0.2) is 11.6 Å². The summed E-state index contributed by atoms with van der Waals surface area (Å²) >= 11 is 0. The summed E-state index contributed by atoms with van der Waals surface area (Å²) in [7, 11) is 1.80. The average Bonchev–Trinajstić information content (AvgIpc) is 3.14. The first-order valence-electron chi connectivity index (χ1n) is 7.43. The van der Waals surface area contributed by atoms with Gasteiger partial charge < -0.3 is 11.1 Å². The number of aromatic nitrogens is 6. The van der Waals surface area contributed by atoms with Crippen molar-refractivity contribution in [3.05, 3.63) is 46.4 Å². The first-order valence-corrected chi connectivity index (χ1v) is 7.43. The molecule has 0 unspecified atom stereocenters. The van der Waals surface area contributed by atoms with Gasteiger partial charge in [-0.1, -0.05) is 18.2 Å². The number of nitrogen functional groups attached to an aromatic ring is 1. The van der Waals surface area contributed by atoms with Crippen LogP contribution in [0.15, 0.2) is 39.8 Å². The molecule has 25 heavy (non-hydrogen) atoms. The maximum Gasteiger partial charge on any atom is 0.295 e. The molecular formula is C15H14N8O2. The van der Waals surface area contributed by atoms with Crippen LogP contribution in [-0.2, 0) is 7.05 Å². The second-order valence-electron chi connectivity index (χ2n) is 5.43. The number of hydrogen-bond donors (Lipinski definition) is 2. The second-order valence-corrected chi connectivity index (χ2v) is 5.43. The molecule has 0 aliphatic rings. The summed E-state index contributed by atoms with van der Waals surface area (Å²) in [5.74, 6) is 0.311. The normalized spacial score (nSPS) is 11.1. The van der Waals surface area contributed by atoms with Crippen molar-refractivity contribution in [2.45, 2.75) is 6.92 Å². The molecule has 0 atom stereocenters.